The molecule has 2 atom stereocenters. The van der Waals surface area contributed by atoms with Crippen LogP contribution in [0.25, 0.3) is 0 Å². The van der Waals surface area contributed by atoms with Gasteiger partial charge in [-0.2, -0.15) is 0 Å². The van der Waals surface area contributed by atoms with Crippen LogP contribution in [0, 0.1) is 12.8 Å². The molecule has 1 aromatic carbocycles. The fourth-order valence-corrected chi connectivity index (χ4v) is 3.42. The quantitative estimate of drug-likeness (QED) is 0.870. The maximum atomic E-state index is 12.5. The van der Waals surface area contributed by atoms with Gasteiger partial charge in [0, 0.05) is 25.6 Å². The molecular weight excluding hydrogens is 306 g/mol. The van der Waals surface area contributed by atoms with E-state index in [0.29, 0.717) is 12.3 Å². The van der Waals surface area contributed by atoms with Gasteiger partial charge in [-0.05, 0) is 44.0 Å². The minimum Gasteiger partial charge on any atom is -0.495 e. The van der Waals surface area contributed by atoms with Crippen LogP contribution in [0.15, 0.2) is 18.2 Å². The molecule has 6 nitrogen and oxygen atoms in total. The molecule has 2 saturated heterocycles. The topological polar surface area (TPSA) is 70.7 Å². The summed E-state index contributed by atoms with van der Waals surface area (Å²) in [4.78, 5) is 26.6. The molecule has 0 aliphatic carbocycles. The van der Waals surface area contributed by atoms with Crippen LogP contribution in [0.5, 0.6) is 5.75 Å². The fourth-order valence-electron chi connectivity index (χ4n) is 3.42. The highest BCUT2D eigenvalue weighted by Crippen LogP contribution is 2.34. The molecule has 2 aliphatic rings. The van der Waals surface area contributed by atoms with E-state index in [1.165, 1.54) is 0 Å². The summed E-state index contributed by atoms with van der Waals surface area (Å²) in [6, 6.07) is 5.91. The Morgan fingerprint density at radius 3 is 2.96 bits per heavy atom. The van der Waals surface area contributed by atoms with Crippen LogP contribution in [-0.2, 0) is 9.59 Å². The molecule has 130 valence electrons. The Hall–Kier alpha value is -2.08. The van der Waals surface area contributed by atoms with E-state index < -0.39 is 0 Å². The number of anilines is 1. The Morgan fingerprint density at radius 2 is 2.25 bits per heavy atom. The van der Waals surface area contributed by atoms with E-state index in [0.717, 1.165) is 37.2 Å². The molecule has 24 heavy (non-hydrogen) atoms. The lowest BCUT2D eigenvalue weighted by Crippen LogP contribution is -2.47. The summed E-state index contributed by atoms with van der Waals surface area (Å²) >= 11 is 0. The number of aryl methyl sites for hydroxylation is 1. The van der Waals surface area contributed by atoms with Gasteiger partial charge in [0.05, 0.1) is 18.7 Å². The molecule has 0 aromatic heterocycles. The third kappa shape index (κ3) is 3.53. The van der Waals surface area contributed by atoms with E-state index in [1.807, 2.05) is 25.1 Å². The van der Waals surface area contributed by atoms with Crippen LogP contribution in [0.1, 0.15) is 24.8 Å². The third-order valence-corrected chi connectivity index (χ3v) is 4.76. The largest absolute Gasteiger partial charge is 0.495 e. The van der Waals surface area contributed by atoms with Crippen molar-refractivity contribution in [2.45, 2.75) is 32.2 Å². The van der Waals surface area contributed by atoms with Gasteiger partial charge in [-0.1, -0.05) is 6.07 Å². The van der Waals surface area contributed by atoms with Crippen molar-refractivity contribution in [2.75, 3.05) is 31.6 Å². The molecule has 2 N–H and O–H groups in total. The first kappa shape index (κ1) is 16.8. The molecule has 2 fully saturated rings. The van der Waals surface area contributed by atoms with Gasteiger partial charge < -0.3 is 20.3 Å². The predicted octanol–water partition coefficient (Wildman–Crippen LogP) is 1.22. The lowest BCUT2D eigenvalue weighted by Gasteiger charge is -2.25. The second-order valence-electron chi connectivity index (χ2n) is 6.63. The van der Waals surface area contributed by atoms with E-state index in [9.17, 15) is 9.59 Å². The first-order chi connectivity index (χ1) is 11.6. The molecule has 2 aliphatic heterocycles. The molecule has 0 bridgehead atoms. The van der Waals surface area contributed by atoms with Gasteiger partial charge in [0.15, 0.2) is 0 Å². The number of piperidine rings is 1. The molecule has 1 unspecified atom stereocenters. The third-order valence-electron chi connectivity index (χ3n) is 4.76. The SMILES string of the molecule is COc1ccc(C)cc1N1CC(C(=O)N[C@H]2CCCNC2)CC1=O. The Labute approximate surface area is 142 Å². The molecule has 3 rings (SSSR count). The number of nitrogens with zero attached hydrogens (tertiary/aromatic N) is 1. The van der Waals surface area contributed by atoms with E-state index in [4.69, 9.17) is 4.74 Å². The molecular formula is C18H25N3O3. The van der Waals surface area contributed by atoms with Crippen molar-refractivity contribution in [2.24, 2.45) is 5.92 Å². The average molecular weight is 331 g/mol. The van der Waals surface area contributed by atoms with Gasteiger partial charge in [-0.15, -0.1) is 0 Å². The summed E-state index contributed by atoms with van der Waals surface area (Å²) < 4.78 is 5.38. The monoisotopic (exact) mass is 331 g/mol. The molecule has 1 aromatic rings. The van der Waals surface area contributed by atoms with Crippen molar-refractivity contribution in [3.63, 3.8) is 0 Å². The minimum absolute atomic E-state index is 0.0221. The minimum atomic E-state index is -0.301. The van der Waals surface area contributed by atoms with Crippen molar-refractivity contribution >= 4 is 17.5 Å². The summed E-state index contributed by atoms with van der Waals surface area (Å²) in [5, 5.41) is 6.37. The summed E-state index contributed by atoms with van der Waals surface area (Å²) in [5.74, 6) is 0.308. The molecule has 2 heterocycles. The highest BCUT2D eigenvalue weighted by Gasteiger charge is 2.37. The first-order valence-corrected chi connectivity index (χ1v) is 8.54. The summed E-state index contributed by atoms with van der Waals surface area (Å²) in [6.07, 6.45) is 2.32. The Balaban J connectivity index is 1.69. The van der Waals surface area contributed by atoms with Gasteiger partial charge >= 0.3 is 0 Å². The van der Waals surface area contributed by atoms with Gasteiger partial charge in [-0.3, -0.25) is 9.59 Å². The van der Waals surface area contributed by atoms with Gasteiger partial charge in [-0.25, -0.2) is 0 Å². The second kappa shape index (κ2) is 7.21. The van der Waals surface area contributed by atoms with Crippen LogP contribution in [-0.4, -0.2) is 44.6 Å². The fraction of sp³-hybridized carbons (Fsp3) is 0.556. The predicted molar refractivity (Wildman–Crippen MR) is 92.2 cm³/mol. The molecule has 6 heteroatoms. The number of nitrogens with one attached hydrogen (secondary N) is 2. The Morgan fingerprint density at radius 1 is 1.42 bits per heavy atom. The van der Waals surface area contributed by atoms with Gasteiger partial charge in [0.25, 0.3) is 0 Å². The van der Waals surface area contributed by atoms with Crippen LogP contribution in [0.3, 0.4) is 0 Å². The van der Waals surface area contributed by atoms with E-state index in [1.54, 1.807) is 12.0 Å². The normalized spacial score (nSPS) is 24.1. The molecule has 0 saturated carbocycles. The van der Waals surface area contributed by atoms with Crippen LogP contribution in [0.2, 0.25) is 0 Å². The number of amides is 2. The Kier molecular flexibility index (Phi) is 5.04. The van der Waals surface area contributed by atoms with Crippen LogP contribution < -0.4 is 20.3 Å². The number of rotatable bonds is 4. The lowest BCUT2D eigenvalue weighted by molar-refractivity contribution is -0.127. The number of methoxy groups -OCH3 is 1. The standard InChI is InChI=1S/C18H25N3O3/c1-12-5-6-16(24-2)15(8-12)21-11-13(9-17(21)22)18(23)20-14-4-3-7-19-10-14/h5-6,8,13-14,19H,3-4,7,9-11H2,1-2H3,(H,20,23)/t13?,14-/m0/s1. The van der Waals surface area contributed by atoms with Crippen molar-refractivity contribution in [3.05, 3.63) is 23.8 Å². The number of carbonyl (C=O) groups is 2. The highest BCUT2D eigenvalue weighted by atomic mass is 16.5. The van der Waals surface area contributed by atoms with Gasteiger partial charge in [0.2, 0.25) is 11.8 Å². The summed E-state index contributed by atoms with van der Waals surface area (Å²) in [6.45, 7) is 4.20. The Bertz CT molecular complexity index is 626. The van der Waals surface area contributed by atoms with Crippen molar-refractivity contribution in [3.8, 4) is 5.75 Å². The molecule has 2 amide bonds. The van der Waals surface area contributed by atoms with Crippen molar-refractivity contribution in [1.82, 2.24) is 10.6 Å². The number of ether oxygens (including phenoxy) is 1. The number of carbonyl (C=O) groups excluding carboxylic acids is 2. The molecule has 0 spiro atoms. The number of hydrogen-bond acceptors (Lipinski definition) is 4. The smallest absolute Gasteiger partial charge is 0.227 e. The lowest BCUT2D eigenvalue weighted by atomic mass is 10.0. The zero-order valence-corrected chi connectivity index (χ0v) is 14.3. The number of benzene rings is 1. The van der Waals surface area contributed by atoms with Crippen molar-refractivity contribution in [1.29, 1.82) is 0 Å². The zero-order valence-electron chi connectivity index (χ0n) is 14.3. The maximum absolute atomic E-state index is 12.5. The molecule has 0 radical (unpaired) electrons. The summed E-state index contributed by atoms with van der Waals surface area (Å²) in [7, 11) is 1.59. The summed E-state index contributed by atoms with van der Waals surface area (Å²) in [5.41, 5.74) is 1.80. The van der Waals surface area contributed by atoms with Crippen molar-refractivity contribution < 1.29 is 14.3 Å². The van der Waals surface area contributed by atoms with E-state index in [-0.39, 0.29) is 30.2 Å². The van der Waals surface area contributed by atoms with Crippen LogP contribution in [0.4, 0.5) is 5.69 Å². The zero-order chi connectivity index (χ0) is 17.1. The average Bonchev–Trinajstić information content (AvgIpc) is 2.97. The number of hydrogen-bond donors (Lipinski definition) is 2. The van der Waals surface area contributed by atoms with Gasteiger partial charge in [0.1, 0.15) is 5.75 Å². The second-order valence-corrected chi connectivity index (χ2v) is 6.63. The van der Waals surface area contributed by atoms with Crippen LogP contribution >= 0.6 is 0 Å². The highest BCUT2D eigenvalue weighted by molar-refractivity contribution is 6.01. The first-order valence-electron chi connectivity index (χ1n) is 8.54. The maximum Gasteiger partial charge on any atom is 0.227 e. The van der Waals surface area contributed by atoms with E-state index in [2.05, 4.69) is 10.6 Å². The van der Waals surface area contributed by atoms with E-state index >= 15 is 0 Å².